The predicted molar refractivity (Wildman–Crippen MR) is 90.0 cm³/mol. The summed E-state index contributed by atoms with van der Waals surface area (Å²) in [5.74, 6) is -0.157. The van der Waals surface area contributed by atoms with Crippen LogP contribution in [-0.2, 0) is 19.6 Å². The normalized spacial score (nSPS) is 11.1. The van der Waals surface area contributed by atoms with Crippen molar-refractivity contribution in [2.24, 2.45) is 0 Å². The molecule has 0 spiro atoms. The highest BCUT2D eigenvalue weighted by Gasteiger charge is 2.28. The number of rotatable bonds is 4. The van der Waals surface area contributed by atoms with Gasteiger partial charge in [0.05, 0.1) is 17.7 Å². The van der Waals surface area contributed by atoms with Crippen molar-refractivity contribution in [2.45, 2.75) is 18.2 Å². The summed E-state index contributed by atoms with van der Waals surface area (Å²) in [6, 6.07) is 11.7. The van der Waals surface area contributed by atoms with E-state index in [1.165, 1.54) is 19.2 Å². The van der Waals surface area contributed by atoms with Gasteiger partial charge in [-0.3, -0.25) is 9.52 Å². The summed E-state index contributed by atoms with van der Waals surface area (Å²) in [6.07, 6.45) is 0.469. The highest BCUT2D eigenvalue weighted by Crippen LogP contribution is 2.49. The molecule has 122 valence electrons. The van der Waals surface area contributed by atoms with E-state index in [-0.39, 0.29) is 10.9 Å². The Kier molecular flexibility index (Phi) is 5.28. The number of sulfonamides is 1. The summed E-state index contributed by atoms with van der Waals surface area (Å²) in [7, 11) is -2.12. The summed E-state index contributed by atoms with van der Waals surface area (Å²) < 4.78 is 30.8. The fraction of sp³-hybridized carbons (Fsp3) is 0.188. The molecule has 7 heteroatoms. The van der Waals surface area contributed by atoms with Crippen LogP contribution in [0.1, 0.15) is 13.3 Å². The number of anilines is 1. The summed E-state index contributed by atoms with van der Waals surface area (Å²) in [4.78, 5) is 10.2. The zero-order valence-electron chi connectivity index (χ0n) is 12.7. The number of methoxy groups -OCH3 is 1. The minimum absolute atomic E-state index is 0.157. The highest BCUT2D eigenvalue weighted by atomic mass is 35.5. The van der Waals surface area contributed by atoms with E-state index < -0.39 is 10.0 Å². The molecule has 23 heavy (non-hydrogen) atoms. The Labute approximate surface area is 140 Å². The monoisotopic (exact) mass is 353 g/mol. The minimum atomic E-state index is -3.50. The van der Waals surface area contributed by atoms with Crippen molar-refractivity contribution in [1.29, 1.82) is 0 Å². The Balaban J connectivity index is 0.000000277. The minimum Gasteiger partial charge on any atom is -0.469 e. The third kappa shape index (κ3) is 4.24. The maximum atomic E-state index is 12.0. The van der Waals surface area contributed by atoms with Crippen LogP contribution in [0, 0.1) is 0 Å². The maximum absolute atomic E-state index is 12.0. The third-order valence-electron chi connectivity index (χ3n) is 3.17. The summed E-state index contributed by atoms with van der Waals surface area (Å²) >= 11 is 5.71. The van der Waals surface area contributed by atoms with E-state index in [2.05, 4.69) is 9.46 Å². The van der Waals surface area contributed by atoms with Crippen LogP contribution in [-0.4, -0.2) is 21.5 Å². The largest absolute Gasteiger partial charge is 0.469 e. The van der Waals surface area contributed by atoms with E-state index >= 15 is 0 Å². The van der Waals surface area contributed by atoms with Crippen LogP contribution in [0.2, 0.25) is 5.02 Å². The second-order valence-electron chi connectivity index (χ2n) is 4.72. The van der Waals surface area contributed by atoms with E-state index in [0.29, 0.717) is 17.1 Å². The fourth-order valence-corrected chi connectivity index (χ4v) is 3.09. The highest BCUT2D eigenvalue weighted by molar-refractivity contribution is 7.92. The number of hydrogen-bond acceptors (Lipinski definition) is 4. The predicted octanol–water partition coefficient (Wildman–Crippen LogP) is 3.69. The molecule has 0 radical (unpaired) electrons. The Morgan fingerprint density at radius 1 is 1.13 bits per heavy atom. The molecule has 1 aromatic carbocycles. The van der Waals surface area contributed by atoms with Crippen molar-refractivity contribution in [2.75, 3.05) is 11.8 Å². The second kappa shape index (κ2) is 7.02. The van der Waals surface area contributed by atoms with Crippen molar-refractivity contribution < 1.29 is 17.9 Å². The molecule has 3 rings (SSSR count). The maximum Gasteiger partial charge on any atom is 0.305 e. The number of esters is 1. The van der Waals surface area contributed by atoms with Crippen molar-refractivity contribution in [3.05, 3.63) is 47.5 Å². The van der Waals surface area contributed by atoms with E-state index in [9.17, 15) is 13.2 Å². The van der Waals surface area contributed by atoms with Gasteiger partial charge in [-0.15, -0.1) is 0 Å². The zero-order valence-corrected chi connectivity index (χ0v) is 14.2. The Hall–Kier alpha value is -2.05. The lowest BCUT2D eigenvalue weighted by molar-refractivity contribution is -0.140. The van der Waals surface area contributed by atoms with Crippen LogP contribution in [0.5, 0.6) is 0 Å². The van der Waals surface area contributed by atoms with E-state index in [4.69, 9.17) is 11.6 Å². The molecule has 0 atom stereocenters. The quantitative estimate of drug-likeness (QED) is 0.726. The number of halogens is 1. The molecular weight excluding hydrogens is 338 g/mol. The van der Waals surface area contributed by atoms with Gasteiger partial charge < -0.3 is 4.74 Å². The third-order valence-corrected chi connectivity index (χ3v) is 4.79. The van der Waals surface area contributed by atoms with Gasteiger partial charge in [-0.1, -0.05) is 36.7 Å². The van der Waals surface area contributed by atoms with Gasteiger partial charge in [0.1, 0.15) is 0 Å². The van der Waals surface area contributed by atoms with Gasteiger partial charge in [0, 0.05) is 22.6 Å². The van der Waals surface area contributed by atoms with Crippen LogP contribution < -0.4 is 4.72 Å². The molecule has 0 fully saturated rings. The van der Waals surface area contributed by atoms with Crippen LogP contribution in [0.25, 0.3) is 11.1 Å². The van der Waals surface area contributed by atoms with Crippen molar-refractivity contribution in [3.8, 4) is 11.1 Å². The number of carbonyl (C=O) groups excluding carboxylic acids is 1. The Morgan fingerprint density at radius 2 is 1.70 bits per heavy atom. The number of ether oxygens (including phenoxy) is 1. The number of hydrogen-bond donors (Lipinski definition) is 1. The molecule has 0 amide bonds. The molecule has 1 aromatic rings. The van der Waals surface area contributed by atoms with Gasteiger partial charge in [-0.25, -0.2) is 8.42 Å². The first-order chi connectivity index (χ1) is 10.9. The SMILES string of the molecule is CCC(=O)OC.O=S(=O)(Nc1c2cccc1-2)c1ccc(Cl)cc1. The number of fused-ring (bicyclic) bond motifs is 1. The van der Waals surface area contributed by atoms with Crippen LogP contribution in [0.3, 0.4) is 0 Å². The van der Waals surface area contributed by atoms with E-state index in [1.807, 2.05) is 18.2 Å². The number of para-hydroxylation sites is 1. The van der Waals surface area contributed by atoms with Crippen LogP contribution in [0.4, 0.5) is 5.69 Å². The van der Waals surface area contributed by atoms with E-state index in [0.717, 1.165) is 11.1 Å². The van der Waals surface area contributed by atoms with Crippen molar-refractivity contribution in [1.82, 2.24) is 0 Å². The molecule has 0 unspecified atom stereocenters. The number of carbonyl (C=O) groups is 1. The fourth-order valence-electron chi connectivity index (χ4n) is 1.87. The molecule has 0 saturated heterocycles. The van der Waals surface area contributed by atoms with E-state index in [1.54, 1.807) is 19.1 Å². The molecule has 0 bridgehead atoms. The lowest BCUT2D eigenvalue weighted by Gasteiger charge is -2.03. The molecule has 1 N–H and O–H groups in total. The van der Waals surface area contributed by atoms with Gasteiger partial charge in [0.15, 0.2) is 0 Å². The van der Waals surface area contributed by atoms with Crippen molar-refractivity contribution >= 4 is 33.3 Å². The second-order valence-corrected chi connectivity index (χ2v) is 6.84. The average Bonchev–Trinajstić information content (AvgIpc) is 2.97. The summed E-state index contributed by atoms with van der Waals surface area (Å²) in [5, 5.41) is 0.514. The first kappa shape index (κ1) is 17.3. The smallest absolute Gasteiger partial charge is 0.305 e. The first-order valence-electron chi connectivity index (χ1n) is 6.87. The molecule has 0 saturated carbocycles. The Bertz CT molecular complexity index is 790. The molecule has 0 aromatic heterocycles. The van der Waals surface area contributed by atoms with Crippen molar-refractivity contribution in [3.63, 3.8) is 0 Å². The lowest BCUT2D eigenvalue weighted by Crippen LogP contribution is -2.10. The molecule has 0 heterocycles. The van der Waals surface area contributed by atoms with Crippen LogP contribution in [0.15, 0.2) is 47.4 Å². The molecular formula is C16H16ClNO4S. The molecule has 2 aliphatic rings. The van der Waals surface area contributed by atoms with Gasteiger partial charge >= 0.3 is 5.97 Å². The first-order valence-corrected chi connectivity index (χ1v) is 8.73. The molecule has 2 aliphatic carbocycles. The molecule has 0 aliphatic heterocycles. The average molecular weight is 354 g/mol. The van der Waals surface area contributed by atoms with Gasteiger partial charge in [-0.2, -0.15) is 0 Å². The Morgan fingerprint density at radius 3 is 2.13 bits per heavy atom. The number of benzene rings is 2. The van der Waals surface area contributed by atoms with Crippen LogP contribution >= 0.6 is 11.6 Å². The zero-order chi connectivity index (χ0) is 17.0. The van der Waals surface area contributed by atoms with Gasteiger partial charge in [-0.05, 0) is 24.3 Å². The standard InChI is InChI=1S/C12H8ClNO2S.C4H8O2/c13-8-4-6-9(7-5-8)17(15,16)14-12-10-2-1-3-11(10)12;1-3-4(5)6-2/h1-7,14H;3H2,1-2H3. The summed E-state index contributed by atoms with van der Waals surface area (Å²) in [5.41, 5.74) is 2.65. The lowest BCUT2D eigenvalue weighted by atomic mass is 10.4. The topological polar surface area (TPSA) is 72.5 Å². The van der Waals surface area contributed by atoms with Gasteiger partial charge in [0.25, 0.3) is 10.0 Å². The van der Waals surface area contributed by atoms with Gasteiger partial charge in [0.2, 0.25) is 0 Å². The molecule has 5 nitrogen and oxygen atoms in total. The number of nitrogens with one attached hydrogen (secondary N) is 1. The summed E-state index contributed by atoms with van der Waals surface area (Å²) in [6.45, 7) is 1.76.